The third-order valence-corrected chi connectivity index (χ3v) is 4.41. The Morgan fingerprint density at radius 1 is 1.33 bits per heavy atom. The number of rotatable bonds is 5. The molecular formula is C15H23N3O2S. The fourth-order valence-corrected chi connectivity index (χ4v) is 3.35. The van der Waals surface area contributed by atoms with Gasteiger partial charge < -0.3 is 10.2 Å². The Balaban J connectivity index is 2.23. The molecule has 0 spiro atoms. The number of hydrogen-bond acceptors (Lipinski definition) is 4. The monoisotopic (exact) mass is 309 g/mol. The molecule has 0 radical (unpaired) electrons. The lowest BCUT2D eigenvalue weighted by Crippen LogP contribution is -2.64. The molecule has 116 valence electrons. The number of nitrogens with zero attached hydrogens (tertiary/aromatic N) is 2. The molecule has 1 aliphatic heterocycles. The first-order valence-electron chi connectivity index (χ1n) is 7.38. The molecule has 0 saturated carbocycles. The molecule has 1 saturated heterocycles. The van der Waals surface area contributed by atoms with Gasteiger partial charge in [-0.15, -0.1) is 11.3 Å². The summed E-state index contributed by atoms with van der Waals surface area (Å²) in [4.78, 5) is 31.9. The van der Waals surface area contributed by atoms with Crippen LogP contribution in [-0.4, -0.2) is 33.8 Å². The van der Waals surface area contributed by atoms with E-state index in [9.17, 15) is 9.59 Å². The van der Waals surface area contributed by atoms with E-state index < -0.39 is 12.1 Å². The van der Waals surface area contributed by atoms with Crippen molar-refractivity contribution in [1.29, 1.82) is 0 Å². The molecule has 0 aliphatic carbocycles. The number of aromatic nitrogens is 1. The van der Waals surface area contributed by atoms with Crippen LogP contribution in [0.4, 0.5) is 0 Å². The van der Waals surface area contributed by atoms with Crippen molar-refractivity contribution in [1.82, 2.24) is 15.2 Å². The highest BCUT2D eigenvalue weighted by molar-refractivity contribution is 7.09. The quantitative estimate of drug-likeness (QED) is 0.905. The zero-order valence-corrected chi connectivity index (χ0v) is 13.8. The molecule has 5 nitrogen and oxygen atoms in total. The maximum atomic E-state index is 12.7. The Hall–Kier alpha value is -1.43. The zero-order valence-electron chi connectivity index (χ0n) is 13.0. The Kier molecular flexibility index (Phi) is 4.98. The highest BCUT2D eigenvalue weighted by Gasteiger charge is 2.42. The highest BCUT2D eigenvalue weighted by atomic mass is 32.1. The van der Waals surface area contributed by atoms with Crippen molar-refractivity contribution in [2.75, 3.05) is 0 Å². The van der Waals surface area contributed by atoms with Crippen LogP contribution >= 0.6 is 11.3 Å². The highest BCUT2D eigenvalue weighted by Crippen LogP contribution is 2.23. The van der Waals surface area contributed by atoms with E-state index in [-0.39, 0.29) is 17.7 Å². The molecule has 1 aromatic heterocycles. The number of piperazine rings is 1. The van der Waals surface area contributed by atoms with Crippen molar-refractivity contribution in [3.63, 3.8) is 0 Å². The molecule has 1 fully saturated rings. The van der Waals surface area contributed by atoms with Crippen LogP contribution in [0.1, 0.15) is 39.0 Å². The summed E-state index contributed by atoms with van der Waals surface area (Å²) in [5.74, 6) is 0.428. The number of thiazole rings is 1. The van der Waals surface area contributed by atoms with Crippen LogP contribution in [0.25, 0.3) is 0 Å². The van der Waals surface area contributed by atoms with Crippen LogP contribution in [0.5, 0.6) is 0 Å². The summed E-state index contributed by atoms with van der Waals surface area (Å²) in [6.07, 6.45) is 2.44. The van der Waals surface area contributed by atoms with Gasteiger partial charge in [-0.05, 0) is 18.3 Å². The first-order valence-corrected chi connectivity index (χ1v) is 8.26. The van der Waals surface area contributed by atoms with E-state index in [1.165, 1.54) is 11.3 Å². The average molecular weight is 309 g/mol. The van der Waals surface area contributed by atoms with Crippen molar-refractivity contribution in [3.8, 4) is 0 Å². The van der Waals surface area contributed by atoms with Gasteiger partial charge in [-0.25, -0.2) is 0 Å². The number of amides is 2. The number of carbonyl (C=O) groups is 2. The van der Waals surface area contributed by atoms with Crippen molar-refractivity contribution >= 4 is 23.2 Å². The Morgan fingerprint density at radius 2 is 2.05 bits per heavy atom. The first kappa shape index (κ1) is 15.9. The van der Waals surface area contributed by atoms with Gasteiger partial charge in [-0.1, -0.05) is 27.7 Å². The summed E-state index contributed by atoms with van der Waals surface area (Å²) in [6.45, 7) is 8.53. The Morgan fingerprint density at radius 3 is 2.57 bits per heavy atom. The predicted molar refractivity (Wildman–Crippen MR) is 82.7 cm³/mol. The summed E-state index contributed by atoms with van der Waals surface area (Å²) < 4.78 is 0. The van der Waals surface area contributed by atoms with Gasteiger partial charge >= 0.3 is 0 Å². The fraction of sp³-hybridized carbons (Fsp3) is 0.667. The molecule has 0 bridgehead atoms. The predicted octanol–water partition coefficient (Wildman–Crippen LogP) is 2.04. The first-order chi connectivity index (χ1) is 9.90. The van der Waals surface area contributed by atoms with Crippen molar-refractivity contribution in [2.45, 2.75) is 52.7 Å². The molecule has 2 rings (SSSR count). The molecule has 2 atom stereocenters. The van der Waals surface area contributed by atoms with Gasteiger partial charge in [0.25, 0.3) is 0 Å². The molecule has 21 heavy (non-hydrogen) atoms. The van der Waals surface area contributed by atoms with Gasteiger partial charge in [0.15, 0.2) is 0 Å². The largest absolute Gasteiger partial charge is 0.342 e. The minimum absolute atomic E-state index is 0.0235. The molecule has 0 aromatic carbocycles. The molecule has 2 heterocycles. The van der Waals surface area contributed by atoms with Crippen molar-refractivity contribution in [2.24, 2.45) is 11.8 Å². The van der Waals surface area contributed by atoms with E-state index >= 15 is 0 Å². The van der Waals surface area contributed by atoms with Gasteiger partial charge in [-0.3, -0.25) is 14.6 Å². The fourth-order valence-electron chi connectivity index (χ4n) is 2.76. The van der Waals surface area contributed by atoms with E-state index in [1.807, 2.05) is 13.8 Å². The third kappa shape index (κ3) is 3.61. The molecular weight excluding hydrogens is 286 g/mol. The van der Waals surface area contributed by atoms with Crippen molar-refractivity contribution < 1.29 is 9.59 Å². The minimum atomic E-state index is -0.402. The SMILES string of the molecule is CC(C)CC1NC(=O)C(C(C)C)N(Cc2cncs2)C1=O. The molecule has 1 aliphatic rings. The lowest BCUT2D eigenvalue weighted by atomic mass is 9.93. The second-order valence-electron chi connectivity index (χ2n) is 6.31. The number of carbonyl (C=O) groups excluding carboxylic acids is 2. The zero-order chi connectivity index (χ0) is 15.6. The van der Waals surface area contributed by atoms with Crippen LogP contribution in [0.3, 0.4) is 0 Å². The summed E-state index contributed by atoms with van der Waals surface area (Å²) in [5, 5.41) is 2.90. The summed E-state index contributed by atoms with van der Waals surface area (Å²) in [7, 11) is 0. The van der Waals surface area contributed by atoms with Gasteiger partial charge in [0, 0.05) is 11.1 Å². The second kappa shape index (κ2) is 6.56. The maximum absolute atomic E-state index is 12.7. The smallest absolute Gasteiger partial charge is 0.246 e. The van der Waals surface area contributed by atoms with Gasteiger partial charge in [0.2, 0.25) is 11.8 Å². The van der Waals surface area contributed by atoms with Crippen LogP contribution in [0, 0.1) is 11.8 Å². The van der Waals surface area contributed by atoms with Gasteiger partial charge in [0.05, 0.1) is 12.1 Å². The summed E-state index contributed by atoms with van der Waals surface area (Å²) >= 11 is 1.51. The van der Waals surface area contributed by atoms with Gasteiger partial charge in [0.1, 0.15) is 12.1 Å². The molecule has 2 unspecified atom stereocenters. The van der Waals surface area contributed by atoms with E-state index in [0.717, 1.165) is 4.88 Å². The Bertz CT molecular complexity index is 499. The second-order valence-corrected chi connectivity index (χ2v) is 7.28. The lowest BCUT2D eigenvalue weighted by Gasteiger charge is -2.41. The topological polar surface area (TPSA) is 62.3 Å². The molecule has 1 N–H and O–H groups in total. The van der Waals surface area contributed by atoms with E-state index in [0.29, 0.717) is 18.9 Å². The third-order valence-electron chi connectivity index (χ3n) is 3.65. The molecule has 2 amide bonds. The average Bonchev–Trinajstić information content (AvgIpc) is 2.87. The summed E-state index contributed by atoms with van der Waals surface area (Å²) in [6, 6.07) is -0.802. The van der Waals surface area contributed by atoms with Crippen LogP contribution < -0.4 is 5.32 Å². The van der Waals surface area contributed by atoms with E-state index in [1.54, 1.807) is 16.6 Å². The standard InChI is InChI=1S/C15H23N3O2S/c1-9(2)5-12-15(20)18(7-11-6-16-8-21-11)13(10(3)4)14(19)17-12/h6,8-10,12-13H,5,7H2,1-4H3,(H,17,19). The van der Waals surface area contributed by atoms with Crippen LogP contribution in [0.15, 0.2) is 11.7 Å². The maximum Gasteiger partial charge on any atom is 0.246 e. The van der Waals surface area contributed by atoms with Crippen LogP contribution in [-0.2, 0) is 16.1 Å². The molecule has 6 heteroatoms. The van der Waals surface area contributed by atoms with E-state index in [2.05, 4.69) is 24.1 Å². The Labute approximate surface area is 129 Å². The minimum Gasteiger partial charge on any atom is -0.342 e. The van der Waals surface area contributed by atoms with Crippen molar-refractivity contribution in [3.05, 3.63) is 16.6 Å². The number of hydrogen-bond donors (Lipinski definition) is 1. The van der Waals surface area contributed by atoms with Crippen LogP contribution in [0.2, 0.25) is 0 Å². The summed E-state index contributed by atoms with van der Waals surface area (Å²) in [5.41, 5.74) is 1.75. The molecule has 1 aromatic rings. The van der Waals surface area contributed by atoms with E-state index in [4.69, 9.17) is 0 Å². The number of nitrogens with one attached hydrogen (secondary N) is 1. The lowest BCUT2D eigenvalue weighted by molar-refractivity contribution is -0.152. The van der Waals surface area contributed by atoms with Gasteiger partial charge in [-0.2, -0.15) is 0 Å². The normalized spacial score (nSPS) is 23.0.